The maximum atomic E-state index is 13.2. The molecule has 1 aromatic carbocycles. The third kappa shape index (κ3) is 5.23. The molecule has 0 atom stereocenters. The number of benzene rings is 1. The van der Waals surface area contributed by atoms with Crippen LogP contribution in [-0.2, 0) is 14.8 Å². The summed E-state index contributed by atoms with van der Waals surface area (Å²) in [6.45, 7) is 4.98. The highest BCUT2D eigenvalue weighted by molar-refractivity contribution is 7.89. The van der Waals surface area contributed by atoms with Gasteiger partial charge in [0.05, 0.1) is 4.90 Å². The standard InChI is InChI=1S/C11H15FN2O4S/c1-11(2,3)18-10(15)14-8-4-7(12)5-9(6-8)19(13,16)17/h4-6H,1-3H3,(H,14,15)(H2,13,16,17). The van der Waals surface area contributed by atoms with Gasteiger partial charge in [-0.1, -0.05) is 0 Å². The van der Waals surface area contributed by atoms with Crippen LogP contribution in [-0.4, -0.2) is 20.1 Å². The minimum Gasteiger partial charge on any atom is -0.444 e. The summed E-state index contributed by atoms with van der Waals surface area (Å²) in [6.07, 6.45) is -0.821. The molecule has 0 fully saturated rings. The van der Waals surface area contributed by atoms with Gasteiger partial charge in [0.1, 0.15) is 11.4 Å². The van der Waals surface area contributed by atoms with Gasteiger partial charge in [-0.3, -0.25) is 5.32 Å². The van der Waals surface area contributed by atoms with Crippen LogP contribution < -0.4 is 10.5 Å². The molecule has 0 radical (unpaired) electrons. The number of primary sulfonamides is 1. The molecule has 1 amide bonds. The van der Waals surface area contributed by atoms with E-state index in [4.69, 9.17) is 9.88 Å². The molecule has 106 valence electrons. The second-order valence-electron chi connectivity index (χ2n) is 4.85. The monoisotopic (exact) mass is 290 g/mol. The lowest BCUT2D eigenvalue weighted by molar-refractivity contribution is 0.0636. The molecule has 3 N–H and O–H groups in total. The normalized spacial score (nSPS) is 12.1. The van der Waals surface area contributed by atoms with Crippen LogP contribution in [0.3, 0.4) is 0 Å². The summed E-state index contributed by atoms with van der Waals surface area (Å²) in [5.41, 5.74) is -0.779. The van der Waals surface area contributed by atoms with Crippen molar-refractivity contribution in [2.75, 3.05) is 5.32 Å². The molecule has 0 aliphatic rings. The Bertz CT molecular complexity index is 593. The predicted molar refractivity (Wildman–Crippen MR) is 67.6 cm³/mol. The van der Waals surface area contributed by atoms with Crippen molar-refractivity contribution in [3.63, 3.8) is 0 Å². The van der Waals surface area contributed by atoms with Crippen molar-refractivity contribution in [1.82, 2.24) is 0 Å². The molecule has 8 heteroatoms. The molecule has 1 rings (SSSR count). The lowest BCUT2D eigenvalue weighted by atomic mass is 10.2. The van der Waals surface area contributed by atoms with E-state index in [9.17, 15) is 17.6 Å². The number of halogens is 1. The molecule has 6 nitrogen and oxygen atoms in total. The molecule has 0 saturated heterocycles. The lowest BCUT2D eigenvalue weighted by Gasteiger charge is -2.19. The summed E-state index contributed by atoms with van der Waals surface area (Å²) in [7, 11) is -4.05. The van der Waals surface area contributed by atoms with Crippen molar-refractivity contribution in [2.24, 2.45) is 5.14 Å². The Morgan fingerprint density at radius 2 is 1.89 bits per heavy atom. The minimum atomic E-state index is -4.05. The first-order chi connectivity index (χ1) is 8.47. The van der Waals surface area contributed by atoms with Gasteiger partial charge < -0.3 is 4.74 Å². The number of rotatable bonds is 2. The van der Waals surface area contributed by atoms with E-state index in [0.29, 0.717) is 0 Å². The molecule has 1 aromatic rings. The third-order valence-electron chi connectivity index (χ3n) is 1.85. The van der Waals surface area contributed by atoms with Crippen molar-refractivity contribution in [3.05, 3.63) is 24.0 Å². The Hall–Kier alpha value is -1.67. The molecule has 0 saturated carbocycles. The number of anilines is 1. The van der Waals surface area contributed by atoms with E-state index in [1.807, 2.05) is 0 Å². The average molecular weight is 290 g/mol. The Labute approximate surface area is 110 Å². The number of nitrogens with one attached hydrogen (secondary N) is 1. The molecule has 0 bridgehead atoms. The topological polar surface area (TPSA) is 98.5 Å². The van der Waals surface area contributed by atoms with Crippen LogP contribution in [0.2, 0.25) is 0 Å². The third-order valence-corrected chi connectivity index (χ3v) is 2.74. The molecular weight excluding hydrogens is 275 g/mol. The summed E-state index contributed by atoms with van der Waals surface area (Å²) < 4.78 is 40.4. The number of carbonyl (C=O) groups excluding carboxylic acids is 1. The highest BCUT2D eigenvalue weighted by Gasteiger charge is 2.17. The van der Waals surface area contributed by atoms with Crippen LogP contribution >= 0.6 is 0 Å². The zero-order valence-corrected chi connectivity index (χ0v) is 11.5. The van der Waals surface area contributed by atoms with E-state index < -0.39 is 32.4 Å². The van der Waals surface area contributed by atoms with E-state index in [0.717, 1.165) is 18.2 Å². The minimum absolute atomic E-state index is 0.0572. The summed E-state index contributed by atoms with van der Waals surface area (Å²) in [4.78, 5) is 11.0. The van der Waals surface area contributed by atoms with E-state index in [1.165, 1.54) is 0 Å². The highest BCUT2D eigenvalue weighted by Crippen LogP contribution is 2.18. The van der Waals surface area contributed by atoms with Crippen molar-refractivity contribution in [2.45, 2.75) is 31.3 Å². The van der Waals surface area contributed by atoms with Gasteiger partial charge in [0.25, 0.3) is 0 Å². The van der Waals surface area contributed by atoms with Gasteiger partial charge in [0.15, 0.2) is 0 Å². The van der Waals surface area contributed by atoms with E-state index >= 15 is 0 Å². The average Bonchev–Trinajstić information content (AvgIpc) is 2.11. The second-order valence-corrected chi connectivity index (χ2v) is 6.41. The van der Waals surface area contributed by atoms with Crippen LogP contribution in [0.1, 0.15) is 20.8 Å². The van der Waals surface area contributed by atoms with Crippen LogP contribution in [0.5, 0.6) is 0 Å². The summed E-state index contributed by atoms with van der Waals surface area (Å²) in [6, 6.07) is 2.76. The second kappa shape index (κ2) is 5.14. The molecule has 0 aliphatic heterocycles. The van der Waals surface area contributed by atoms with Gasteiger partial charge in [-0.25, -0.2) is 22.7 Å². The van der Waals surface area contributed by atoms with Gasteiger partial charge in [0.2, 0.25) is 10.0 Å². The Morgan fingerprint density at radius 3 is 2.37 bits per heavy atom. The number of ether oxygens (including phenoxy) is 1. The van der Waals surface area contributed by atoms with Crippen LogP contribution in [0, 0.1) is 5.82 Å². The van der Waals surface area contributed by atoms with Crippen molar-refractivity contribution in [1.29, 1.82) is 0 Å². The van der Waals surface area contributed by atoms with E-state index in [1.54, 1.807) is 20.8 Å². The maximum Gasteiger partial charge on any atom is 0.412 e. The molecule has 0 unspecified atom stereocenters. The first-order valence-electron chi connectivity index (χ1n) is 5.31. The van der Waals surface area contributed by atoms with Gasteiger partial charge in [-0.15, -0.1) is 0 Å². The highest BCUT2D eigenvalue weighted by atomic mass is 32.2. The smallest absolute Gasteiger partial charge is 0.412 e. The first-order valence-corrected chi connectivity index (χ1v) is 6.85. The van der Waals surface area contributed by atoms with Gasteiger partial charge in [0, 0.05) is 5.69 Å². The van der Waals surface area contributed by atoms with Crippen LogP contribution in [0.15, 0.2) is 23.1 Å². The SMILES string of the molecule is CC(C)(C)OC(=O)Nc1cc(F)cc(S(N)(=O)=O)c1. The van der Waals surface area contributed by atoms with Gasteiger partial charge >= 0.3 is 6.09 Å². The number of carbonyl (C=O) groups is 1. The van der Waals surface area contributed by atoms with E-state index in [-0.39, 0.29) is 5.69 Å². The van der Waals surface area contributed by atoms with Gasteiger partial charge in [-0.05, 0) is 39.0 Å². The summed E-state index contributed by atoms with van der Waals surface area (Å²) in [5, 5.41) is 7.12. The molecule has 0 spiro atoms. The van der Waals surface area contributed by atoms with Crippen LogP contribution in [0.4, 0.5) is 14.9 Å². The largest absolute Gasteiger partial charge is 0.444 e. The van der Waals surface area contributed by atoms with E-state index in [2.05, 4.69) is 5.32 Å². The van der Waals surface area contributed by atoms with Gasteiger partial charge in [-0.2, -0.15) is 0 Å². The summed E-state index contributed by atoms with van der Waals surface area (Å²) in [5.74, 6) is -0.836. The zero-order valence-electron chi connectivity index (χ0n) is 10.7. The fourth-order valence-electron chi connectivity index (χ4n) is 1.22. The molecule has 0 aliphatic carbocycles. The molecular formula is C11H15FN2O4S. The number of sulfonamides is 1. The number of hydrogen-bond donors (Lipinski definition) is 2. The molecule has 0 heterocycles. The Morgan fingerprint density at radius 1 is 1.32 bits per heavy atom. The van der Waals surface area contributed by atoms with Crippen molar-refractivity contribution >= 4 is 21.8 Å². The Kier molecular flexibility index (Phi) is 4.16. The quantitative estimate of drug-likeness (QED) is 0.867. The fraction of sp³-hybridized carbons (Fsp3) is 0.364. The predicted octanol–water partition coefficient (Wildman–Crippen LogP) is 1.82. The van der Waals surface area contributed by atoms with Crippen molar-refractivity contribution < 1.29 is 22.3 Å². The first kappa shape index (κ1) is 15.4. The molecule has 19 heavy (non-hydrogen) atoms. The lowest BCUT2D eigenvalue weighted by Crippen LogP contribution is -2.27. The zero-order chi connectivity index (χ0) is 14.8. The number of amides is 1. The maximum absolute atomic E-state index is 13.2. The fourth-order valence-corrected chi connectivity index (χ4v) is 1.79. The summed E-state index contributed by atoms with van der Waals surface area (Å²) >= 11 is 0. The van der Waals surface area contributed by atoms with Crippen LogP contribution in [0.25, 0.3) is 0 Å². The number of nitrogens with two attached hydrogens (primary N) is 1. The Balaban J connectivity index is 2.97. The molecule has 0 aromatic heterocycles. The number of hydrogen-bond acceptors (Lipinski definition) is 4. The van der Waals surface area contributed by atoms with Crippen molar-refractivity contribution in [3.8, 4) is 0 Å².